The van der Waals surface area contributed by atoms with Crippen molar-refractivity contribution in [2.24, 2.45) is 11.7 Å². The lowest BCUT2D eigenvalue weighted by atomic mass is 10.1. The molecule has 0 radical (unpaired) electrons. The van der Waals surface area contributed by atoms with Gasteiger partial charge in [0.15, 0.2) is 0 Å². The topological polar surface area (TPSA) is 137 Å². The van der Waals surface area contributed by atoms with Gasteiger partial charge in [-0.05, 0) is 26.0 Å². The van der Waals surface area contributed by atoms with Gasteiger partial charge in [0.05, 0.1) is 11.1 Å². The molecule has 2 heterocycles. The Balaban J connectivity index is 2.36. The molecule has 0 bridgehead atoms. The lowest BCUT2D eigenvalue weighted by molar-refractivity contribution is 0.0945. The summed E-state index contributed by atoms with van der Waals surface area (Å²) in [6.07, 6.45) is 0. The van der Waals surface area contributed by atoms with E-state index in [0.717, 1.165) is 0 Å². The molecular formula is C14H14N4O4. The van der Waals surface area contributed by atoms with Gasteiger partial charge in [-0.25, -0.2) is 11.7 Å². The number of nitrogens with two attached hydrogens (primary N) is 2. The fourth-order valence-corrected chi connectivity index (χ4v) is 2.64. The highest BCUT2D eigenvalue weighted by atomic mass is 16.3. The van der Waals surface area contributed by atoms with Crippen LogP contribution in [0, 0.1) is 13.8 Å². The quantitative estimate of drug-likeness (QED) is 0.317. The highest BCUT2D eigenvalue weighted by Gasteiger charge is 2.22. The average molecular weight is 302 g/mol. The van der Waals surface area contributed by atoms with Crippen LogP contribution in [0.15, 0.2) is 21.0 Å². The Morgan fingerprint density at radius 3 is 1.55 bits per heavy atom. The van der Waals surface area contributed by atoms with E-state index in [-0.39, 0.29) is 0 Å². The minimum absolute atomic E-state index is 0.332. The number of carbonyl (C=O) groups excluding carboxylic acids is 2. The second kappa shape index (κ2) is 4.86. The van der Waals surface area contributed by atoms with Crippen LogP contribution in [-0.2, 0) is 0 Å². The van der Waals surface area contributed by atoms with Crippen LogP contribution in [-0.4, -0.2) is 11.8 Å². The predicted octanol–water partition coefficient (Wildman–Crippen LogP) is 1.00. The van der Waals surface area contributed by atoms with E-state index in [1.807, 2.05) is 0 Å². The van der Waals surface area contributed by atoms with Gasteiger partial charge < -0.3 is 8.83 Å². The number of nitrogen functional groups attached to an aromatic ring is 2. The molecule has 2 aromatic heterocycles. The maximum atomic E-state index is 11.9. The second-order valence-electron chi connectivity index (χ2n) is 4.86. The van der Waals surface area contributed by atoms with E-state index in [1.165, 1.54) is 0 Å². The number of benzene rings is 1. The molecule has 0 fully saturated rings. The van der Waals surface area contributed by atoms with Gasteiger partial charge in [-0.3, -0.25) is 20.4 Å². The number of rotatable bonds is 2. The minimum Gasteiger partial charge on any atom is -0.460 e. The summed E-state index contributed by atoms with van der Waals surface area (Å²) in [6, 6.07) is 3.29. The minimum atomic E-state index is -0.459. The largest absolute Gasteiger partial charge is 0.460 e. The van der Waals surface area contributed by atoms with Gasteiger partial charge in [0.1, 0.15) is 22.7 Å². The van der Waals surface area contributed by atoms with Crippen molar-refractivity contribution in [1.29, 1.82) is 0 Å². The fraction of sp³-hybridized carbons (Fsp3) is 0.143. The van der Waals surface area contributed by atoms with E-state index >= 15 is 0 Å². The summed E-state index contributed by atoms with van der Waals surface area (Å²) in [4.78, 5) is 23.7. The zero-order valence-electron chi connectivity index (χ0n) is 11.9. The molecule has 1 aromatic carbocycles. The number of hydrogen-bond donors (Lipinski definition) is 4. The van der Waals surface area contributed by atoms with Gasteiger partial charge in [0.25, 0.3) is 11.8 Å². The lowest BCUT2D eigenvalue weighted by Crippen LogP contribution is -2.30. The number of fused-ring (bicyclic) bond motifs is 2. The summed E-state index contributed by atoms with van der Waals surface area (Å²) in [5.41, 5.74) is 5.74. The van der Waals surface area contributed by atoms with Gasteiger partial charge in [-0.15, -0.1) is 0 Å². The molecule has 114 valence electrons. The van der Waals surface area contributed by atoms with Crippen LogP contribution in [0.4, 0.5) is 0 Å². The summed E-state index contributed by atoms with van der Waals surface area (Å²) in [6.45, 7) is 3.32. The summed E-state index contributed by atoms with van der Waals surface area (Å²) >= 11 is 0. The number of carbonyl (C=O) groups is 2. The van der Waals surface area contributed by atoms with Crippen LogP contribution in [0.5, 0.6) is 0 Å². The molecule has 0 aliphatic heterocycles. The molecular weight excluding hydrogens is 288 g/mol. The molecule has 3 aromatic rings. The summed E-state index contributed by atoms with van der Waals surface area (Å²) in [5.74, 6) is 10.3. The third kappa shape index (κ3) is 1.85. The Morgan fingerprint density at radius 1 is 0.864 bits per heavy atom. The zero-order valence-corrected chi connectivity index (χ0v) is 11.9. The predicted molar refractivity (Wildman–Crippen MR) is 78.8 cm³/mol. The van der Waals surface area contributed by atoms with Gasteiger partial charge in [-0.1, -0.05) is 0 Å². The summed E-state index contributed by atoms with van der Waals surface area (Å²) < 4.78 is 11.2. The number of amides is 2. The summed E-state index contributed by atoms with van der Waals surface area (Å²) in [7, 11) is 0. The monoisotopic (exact) mass is 302 g/mol. The van der Waals surface area contributed by atoms with Gasteiger partial charge in [-0.2, -0.15) is 0 Å². The maximum Gasteiger partial charge on any atom is 0.269 e. The highest BCUT2D eigenvalue weighted by molar-refractivity contribution is 6.13. The standard InChI is InChI=1S/C14H14N4O4/c1-5-11(13(19)17-15)7-3-10-8(4-9(7)21-5)12(6(2)22-10)14(20)18-16/h3-4H,15-16H2,1-2H3,(H,17,19)(H,18,20). The van der Waals surface area contributed by atoms with Crippen LogP contribution in [0.3, 0.4) is 0 Å². The number of nitrogens with one attached hydrogen (secondary N) is 2. The molecule has 0 aliphatic rings. The Morgan fingerprint density at radius 2 is 1.23 bits per heavy atom. The highest BCUT2D eigenvalue weighted by Crippen LogP contribution is 2.33. The van der Waals surface area contributed by atoms with E-state index in [1.54, 1.807) is 26.0 Å². The molecule has 0 unspecified atom stereocenters. The molecule has 22 heavy (non-hydrogen) atoms. The lowest BCUT2D eigenvalue weighted by Gasteiger charge is -1.98. The molecule has 0 atom stereocenters. The maximum absolute atomic E-state index is 11.9. The normalized spacial score (nSPS) is 11.1. The van der Waals surface area contributed by atoms with Crippen LogP contribution >= 0.6 is 0 Å². The summed E-state index contributed by atoms with van der Waals surface area (Å²) in [5, 5.41) is 1.11. The average Bonchev–Trinajstić information content (AvgIpc) is 2.98. The molecule has 0 saturated heterocycles. The third-order valence-electron chi connectivity index (χ3n) is 3.57. The van der Waals surface area contributed by atoms with Crippen molar-refractivity contribution in [2.45, 2.75) is 13.8 Å². The number of hydrazine groups is 2. The van der Waals surface area contributed by atoms with Crippen LogP contribution < -0.4 is 22.5 Å². The number of aryl methyl sites for hydroxylation is 2. The van der Waals surface area contributed by atoms with E-state index in [9.17, 15) is 9.59 Å². The Bertz CT molecular complexity index is 846. The van der Waals surface area contributed by atoms with Crippen LogP contribution in [0.1, 0.15) is 32.2 Å². The van der Waals surface area contributed by atoms with Crippen LogP contribution in [0.25, 0.3) is 21.9 Å². The SMILES string of the molecule is Cc1oc2cc3c(C(=O)NN)c(C)oc3cc2c1C(=O)NN. The molecule has 0 spiro atoms. The first kappa shape index (κ1) is 14.1. The first-order valence-electron chi connectivity index (χ1n) is 6.46. The molecule has 8 nitrogen and oxygen atoms in total. The van der Waals surface area contributed by atoms with Gasteiger partial charge in [0, 0.05) is 10.8 Å². The van der Waals surface area contributed by atoms with Gasteiger partial charge in [0.2, 0.25) is 0 Å². The molecule has 8 heteroatoms. The van der Waals surface area contributed by atoms with Crippen molar-refractivity contribution in [3.8, 4) is 0 Å². The molecule has 3 rings (SSSR count). The van der Waals surface area contributed by atoms with E-state index in [2.05, 4.69) is 10.9 Å². The number of furan rings is 2. The fourth-order valence-electron chi connectivity index (χ4n) is 2.64. The molecule has 6 N–H and O–H groups in total. The van der Waals surface area contributed by atoms with E-state index < -0.39 is 11.8 Å². The second-order valence-corrected chi connectivity index (χ2v) is 4.86. The van der Waals surface area contributed by atoms with Crippen molar-refractivity contribution in [2.75, 3.05) is 0 Å². The van der Waals surface area contributed by atoms with E-state index in [0.29, 0.717) is 44.6 Å². The first-order valence-corrected chi connectivity index (χ1v) is 6.46. The molecule has 2 amide bonds. The smallest absolute Gasteiger partial charge is 0.269 e. The Hall–Kier alpha value is -2.84. The first-order chi connectivity index (χ1) is 10.5. The van der Waals surface area contributed by atoms with Crippen molar-refractivity contribution in [1.82, 2.24) is 10.9 Å². The third-order valence-corrected chi connectivity index (χ3v) is 3.57. The van der Waals surface area contributed by atoms with Crippen molar-refractivity contribution < 1.29 is 18.4 Å². The van der Waals surface area contributed by atoms with Crippen molar-refractivity contribution in [3.63, 3.8) is 0 Å². The van der Waals surface area contributed by atoms with Crippen molar-refractivity contribution >= 4 is 33.8 Å². The van der Waals surface area contributed by atoms with Gasteiger partial charge >= 0.3 is 0 Å². The Kier molecular flexibility index (Phi) is 3.12. The number of hydrogen-bond acceptors (Lipinski definition) is 6. The van der Waals surface area contributed by atoms with Crippen LogP contribution in [0.2, 0.25) is 0 Å². The Labute approximate surface area is 124 Å². The zero-order chi connectivity index (χ0) is 16.0. The molecule has 0 saturated carbocycles. The van der Waals surface area contributed by atoms with E-state index in [4.69, 9.17) is 20.5 Å². The molecule has 0 aliphatic carbocycles. The van der Waals surface area contributed by atoms with Crippen molar-refractivity contribution in [3.05, 3.63) is 34.8 Å².